The lowest BCUT2D eigenvalue weighted by Gasteiger charge is -2.10. The molecule has 122 valence electrons. The van der Waals surface area contributed by atoms with Crippen molar-refractivity contribution in [3.8, 4) is 11.5 Å². The highest BCUT2D eigenvalue weighted by Crippen LogP contribution is 2.27. The van der Waals surface area contributed by atoms with Gasteiger partial charge in [-0.1, -0.05) is 24.6 Å². The highest BCUT2D eigenvalue weighted by Gasteiger charge is 2.04. The quantitative estimate of drug-likeness (QED) is 0.579. The maximum atomic E-state index is 6.09. The summed E-state index contributed by atoms with van der Waals surface area (Å²) >= 11 is 6.09. The van der Waals surface area contributed by atoms with Crippen LogP contribution in [0, 0.1) is 6.92 Å². The number of hydrogen-bond acceptors (Lipinski definition) is 4. The highest BCUT2D eigenvalue weighted by molar-refractivity contribution is 6.31. The van der Waals surface area contributed by atoms with Crippen molar-refractivity contribution in [2.75, 3.05) is 19.1 Å². The molecule has 4 nitrogen and oxygen atoms in total. The summed E-state index contributed by atoms with van der Waals surface area (Å²) in [7, 11) is 1.63. The summed E-state index contributed by atoms with van der Waals surface area (Å²) < 4.78 is 11.0. The van der Waals surface area contributed by atoms with Crippen LogP contribution in [0.2, 0.25) is 5.02 Å². The van der Waals surface area contributed by atoms with Crippen LogP contribution in [-0.4, -0.2) is 19.9 Å². The van der Waals surface area contributed by atoms with E-state index < -0.39 is 0 Å². The van der Waals surface area contributed by atoms with Gasteiger partial charge in [0.15, 0.2) is 11.5 Å². The predicted octanol–water partition coefficient (Wildman–Crippen LogP) is 4.89. The predicted molar refractivity (Wildman–Crippen MR) is 96.2 cm³/mol. The van der Waals surface area contributed by atoms with Crippen LogP contribution in [0.15, 0.2) is 41.5 Å². The summed E-state index contributed by atoms with van der Waals surface area (Å²) in [5, 5.41) is 4.94. The van der Waals surface area contributed by atoms with Gasteiger partial charge in [-0.15, -0.1) is 0 Å². The molecule has 0 bridgehead atoms. The van der Waals surface area contributed by atoms with Crippen LogP contribution in [-0.2, 0) is 0 Å². The molecule has 0 heterocycles. The molecule has 5 heteroatoms. The van der Waals surface area contributed by atoms with E-state index in [1.807, 2.05) is 43.3 Å². The number of nitrogens with one attached hydrogen (secondary N) is 1. The van der Waals surface area contributed by atoms with Gasteiger partial charge in [0.2, 0.25) is 0 Å². The van der Waals surface area contributed by atoms with Gasteiger partial charge in [0, 0.05) is 5.02 Å². The fraction of sp³-hybridized carbons (Fsp3) is 0.278. The van der Waals surface area contributed by atoms with Crippen LogP contribution in [0.4, 0.5) is 5.69 Å². The van der Waals surface area contributed by atoms with Crippen molar-refractivity contribution in [3.05, 3.63) is 52.5 Å². The Labute approximate surface area is 142 Å². The van der Waals surface area contributed by atoms with Crippen molar-refractivity contribution >= 4 is 23.5 Å². The first-order valence-corrected chi connectivity index (χ1v) is 7.88. The van der Waals surface area contributed by atoms with Gasteiger partial charge in [-0.3, -0.25) is 5.43 Å². The second kappa shape index (κ2) is 8.44. The number of hydrazone groups is 1. The molecule has 0 unspecified atom stereocenters. The van der Waals surface area contributed by atoms with Gasteiger partial charge >= 0.3 is 0 Å². The van der Waals surface area contributed by atoms with Crippen LogP contribution in [0.5, 0.6) is 11.5 Å². The van der Waals surface area contributed by atoms with Gasteiger partial charge < -0.3 is 9.47 Å². The first-order chi connectivity index (χ1) is 11.1. The Bertz CT molecular complexity index is 687. The lowest BCUT2D eigenvalue weighted by Crippen LogP contribution is -1.99. The van der Waals surface area contributed by atoms with Gasteiger partial charge in [0.05, 0.1) is 25.6 Å². The molecule has 0 atom stereocenters. The number of rotatable bonds is 7. The van der Waals surface area contributed by atoms with Crippen LogP contribution in [0.3, 0.4) is 0 Å². The molecule has 0 aliphatic rings. The molecule has 0 fully saturated rings. The molecule has 0 aliphatic heterocycles. The molecule has 0 saturated carbocycles. The summed E-state index contributed by atoms with van der Waals surface area (Å²) in [5.74, 6) is 1.44. The zero-order valence-electron chi connectivity index (χ0n) is 13.6. The van der Waals surface area contributed by atoms with E-state index in [0.29, 0.717) is 17.4 Å². The lowest BCUT2D eigenvalue weighted by atomic mass is 10.2. The smallest absolute Gasteiger partial charge is 0.161 e. The van der Waals surface area contributed by atoms with Crippen LogP contribution in [0.25, 0.3) is 0 Å². The van der Waals surface area contributed by atoms with Crippen molar-refractivity contribution in [2.45, 2.75) is 20.3 Å². The van der Waals surface area contributed by atoms with E-state index in [4.69, 9.17) is 21.1 Å². The average molecular weight is 333 g/mol. The molecule has 0 spiro atoms. The average Bonchev–Trinajstić information content (AvgIpc) is 2.56. The Morgan fingerprint density at radius 2 is 2.00 bits per heavy atom. The topological polar surface area (TPSA) is 42.8 Å². The normalized spacial score (nSPS) is 10.8. The van der Waals surface area contributed by atoms with Crippen molar-refractivity contribution in [1.29, 1.82) is 0 Å². The second-order valence-corrected chi connectivity index (χ2v) is 5.50. The molecule has 0 radical (unpaired) electrons. The van der Waals surface area contributed by atoms with Crippen molar-refractivity contribution in [3.63, 3.8) is 0 Å². The molecule has 0 aliphatic carbocycles. The van der Waals surface area contributed by atoms with Crippen molar-refractivity contribution in [2.24, 2.45) is 5.10 Å². The summed E-state index contributed by atoms with van der Waals surface area (Å²) in [6.07, 6.45) is 2.67. The SMILES string of the molecule is CCCOc1cc(/C=N/Nc2ccc(C)c(Cl)c2)ccc1OC. The van der Waals surface area contributed by atoms with E-state index in [9.17, 15) is 0 Å². The molecule has 0 saturated heterocycles. The molecule has 2 aromatic carbocycles. The van der Waals surface area contributed by atoms with Gasteiger partial charge in [-0.25, -0.2) is 0 Å². The van der Waals surface area contributed by atoms with E-state index in [1.165, 1.54) is 0 Å². The van der Waals surface area contributed by atoms with Gasteiger partial charge in [-0.2, -0.15) is 5.10 Å². The molecule has 1 N–H and O–H groups in total. The highest BCUT2D eigenvalue weighted by atomic mass is 35.5. The maximum Gasteiger partial charge on any atom is 0.161 e. The fourth-order valence-electron chi connectivity index (χ4n) is 1.94. The Kier molecular flexibility index (Phi) is 6.29. The van der Waals surface area contributed by atoms with E-state index in [0.717, 1.165) is 29.0 Å². The third-order valence-corrected chi connectivity index (χ3v) is 3.64. The minimum Gasteiger partial charge on any atom is -0.493 e. The van der Waals surface area contributed by atoms with Crippen molar-refractivity contribution in [1.82, 2.24) is 0 Å². The summed E-state index contributed by atoms with van der Waals surface area (Å²) in [6, 6.07) is 11.4. The molecular weight excluding hydrogens is 312 g/mol. The molecule has 0 aromatic heterocycles. The number of ether oxygens (including phenoxy) is 2. The van der Waals surface area contributed by atoms with Gasteiger partial charge in [-0.05, 0) is 54.8 Å². The molecule has 0 amide bonds. The van der Waals surface area contributed by atoms with Crippen LogP contribution in [0.1, 0.15) is 24.5 Å². The number of hydrogen-bond donors (Lipinski definition) is 1. The van der Waals surface area contributed by atoms with E-state index in [2.05, 4.69) is 17.5 Å². The van der Waals surface area contributed by atoms with Crippen LogP contribution >= 0.6 is 11.6 Å². The van der Waals surface area contributed by atoms with Crippen molar-refractivity contribution < 1.29 is 9.47 Å². The van der Waals surface area contributed by atoms with E-state index in [1.54, 1.807) is 13.3 Å². The minimum atomic E-state index is 0.650. The fourth-order valence-corrected chi connectivity index (χ4v) is 2.12. The number of benzene rings is 2. The zero-order chi connectivity index (χ0) is 16.7. The first kappa shape index (κ1) is 17.2. The Balaban J connectivity index is 2.07. The second-order valence-electron chi connectivity index (χ2n) is 5.09. The molecular formula is C18H21ClN2O2. The Morgan fingerprint density at radius 1 is 1.17 bits per heavy atom. The largest absolute Gasteiger partial charge is 0.493 e. The van der Waals surface area contributed by atoms with E-state index >= 15 is 0 Å². The minimum absolute atomic E-state index is 0.650. The molecule has 2 aromatic rings. The van der Waals surface area contributed by atoms with Crippen LogP contribution < -0.4 is 14.9 Å². The number of anilines is 1. The third kappa shape index (κ3) is 4.89. The summed E-state index contributed by atoms with van der Waals surface area (Å²) in [4.78, 5) is 0. The lowest BCUT2D eigenvalue weighted by molar-refractivity contribution is 0.294. The van der Waals surface area contributed by atoms with E-state index in [-0.39, 0.29) is 0 Å². The monoisotopic (exact) mass is 332 g/mol. The van der Waals surface area contributed by atoms with Gasteiger partial charge in [0.25, 0.3) is 0 Å². The summed E-state index contributed by atoms with van der Waals surface area (Å²) in [6.45, 7) is 4.68. The van der Waals surface area contributed by atoms with Gasteiger partial charge in [0.1, 0.15) is 0 Å². The molecule has 23 heavy (non-hydrogen) atoms. The number of halogens is 1. The number of nitrogens with zero attached hydrogens (tertiary/aromatic N) is 1. The maximum absolute atomic E-state index is 6.09. The first-order valence-electron chi connectivity index (χ1n) is 7.50. The Hall–Kier alpha value is -2.20. The standard InChI is InChI=1S/C18H21ClN2O2/c1-4-9-23-18-10-14(6-8-17(18)22-3)12-20-21-15-7-5-13(2)16(19)11-15/h5-8,10-12,21H,4,9H2,1-3H3/b20-12+. The zero-order valence-corrected chi connectivity index (χ0v) is 14.4. The number of aryl methyl sites for hydroxylation is 1. The summed E-state index contributed by atoms with van der Waals surface area (Å²) in [5.41, 5.74) is 5.76. The Morgan fingerprint density at radius 3 is 2.70 bits per heavy atom. The third-order valence-electron chi connectivity index (χ3n) is 3.23. The number of methoxy groups -OCH3 is 1. The molecule has 2 rings (SSSR count).